The van der Waals surface area contributed by atoms with Gasteiger partial charge in [-0.05, 0) is 30.3 Å². The van der Waals surface area contributed by atoms with E-state index in [-0.39, 0.29) is 0 Å². The number of fused-ring (bicyclic) bond motifs is 7. The molecule has 0 spiro atoms. The van der Waals surface area contributed by atoms with Gasteiger partial charge in [0.25, 0.3) is 5.65 Å². The quantitative estimate of drug-likeness (QED) is 0.436. The van der Waals surface area contributed by atoms with E-state index in [9.17, 15) is 0 Å². The molecule has 0 unspecified atom stereocenters. The van der Waals surface area contributed by atoms with E-state index >= 15 is 0 Å². The fourth-order valence-corrected chi connectivity index (χ4v) is 3.73. The third-order valence-electron chi connectivity index (χ3n) is 4.74. The highest BCUT2D eigenvalue weighted by atomic mass is 15.4. The molecule has 1 aliphatic rings. The SMILES string of the molecule is c1ccc(-n2c3[n+](c4c2nc2cccnn24)Cc2ncccc2-3)cc1. The first-order chi connectivity index (χ1) is 12.4. The topological polar surface area (TPSA) is 51.9 Å². The van der Waals surface area contributed by atoms with Crippen LogP contribution in [-0.2, 0) is 6.54 Å². The molecular weight excluding hydrogens is 312 g/mol. The lowest BCUT2D eigenvalue weighted by Crippen LogP contribution is -2.33. The maximum absolute atomic E-state index is 4.85. The second-order valence-electron chi connectivity index (χ2n) is 6.13. The Labute approximate surface area is 142 Å². The molecule has 0 saturated carbocycles. The summed E-state index contributed by atoms with van der Waals surface area (Å²) in [6.45, 7) is 0.728. The molecule has 0 atom stereocenters. The predicted molar refractivity (Wildman–Crippen MR) is 92.3 cm³/mol. The van der Waals surface area contributed by atoms with Gasteiger partial charge in [0.05, 0.1) is 17.5 Å². The van der Waals surface area contributed by atoms with Crippen LogP contribution in [0.5, 0.6) is 0 Å². The minimum atomic E-state index is 0.728. The highest BCUT2D eigenvalue weighted by molar-refractivity contribution is 5.78. The van der Waals surface area contributed by atoms with E-state index in [4.69, 9.17) is 4.98 Å². The second-order valence-corrected chi connectivity index (χ2v) is 6.13. The Morgan fingerprint density at radius 3 is 2.72 bits per heavy atom. The average molecular weight is 325 g/mol. The van der Waals surface area contributed by atoms with Crippen LogP contribution < -0.4 is 4.57 Å². The monoisotopic (exact) mass is 325 g/mol. The second kappa shape index (κ2) is 4.51. The standard InChI is InChI=1S/C19H13N6/c1-2-6-13(7-3-1)24-17-19(25-16(22-17)9-5-11-21-25)23-12-15-14(18(23)24)8-4-10-20-15/h1-11H,12H2/q+1. The number of nitrogens with zero attached hydrogens (tertiary/aromatic N) is 6. The van der Waals surface area contributed by atoms with Crippen LogP contribution in [0.3, 0.4) is 0 Å². The lowest BCUT2D eigenvalue weighted by Gasteiger charge is -2.02. The van der Waals surface area contributed by atoms with Crippen molar-refractivity contribution < 1.29 is 4.57 Å². The van der Waals surface area contributed by atoms with Crippen LogP contribution in [0.4, 0.5) is 0 Å². The maximum Gasteiger partial charge on any atom is 0.315 e. The number of para-hydroxylation sites is 1. The van der Waals surface area contributed by atoms with Gasteiger partial charge in [-0.15, -0.1) is 9.61 Å². The number of rotatable bonds is 1. The van der Waals surface area contributed by atoms with Gasteiger partial charge in [0.15, 0.2) is 0 Å². The van der Waals surface area contributed by atoms with Gasteiger partial charge in [-0.25, -0.2) is 9.13 Å². The Morgan fingerprint density at radius 1 is 0.920 bits per heavy atom. The van der Waals surface area contributed by atoms with Crippen LogP contribution in [0.2, 0.25) is 0 Å². The Balaban J connectivity index is 1.83. The molecule has 0 bridgehead atoms. The summed E-state index contributed by atoms with van der Waals surface area (Å²) in [5.74, 6) is 1.10. The molecule has 0 N–H and O–H groups in total. The fraction of sp³-hybridized carbons (Fsp3) is 0.0526. The normalized spacial score (nSPS) is 12.6. The molecule has 0 aliphatic carbocycles. The van der Waals surface area contributed by atoms with Crippen molar-refractivity contribution >= 4 is 16.9 Å². The number of hydrogen-bond donors (Lipinski definition) is 0. The van der Waals surface area contributed by atoms with Crippen molar-refractivity contribution in [1.82, 2.24) is 24.1 Å². The van der Waals surface area contributed by atoms with Crippen molar-refractivity contribution in [3.05, 3.63) is 72.7 Å². The Morgan fingerprint density at radius 2 is 1.80 bits per heavy atom. The summed E-state index contributed by atoms with van der Waals surface area (Å²) in [6.07, 6.45) is 3.64. The molecule has 5 heterocycles. The molecule has 0 amide bonds. The van der Waals surface area contributed by atoms with E-state index < -0.39 is 0 Å². The third kappa shape index (κ3) is 1.58. The third-order valence-corrected chi connectivity index (χ3v) is 4.74. The number of aromatic nitrogens is 6. The summed E-state index contributed by atoms with van der Waals surface area (Å²) < 4.78 is 6.37. The minimum Gasteiger partial charge on any atom is -0.257 e. The van der Waals surface area contributed by atoms with Crippen molar-refractivity contribution in [2.75, 3.05) is 0 Å². The molecular formula is C19H13N6+. The highest BCUT2D eigenvalue weighted by Gasteiger charge is 2.37. The molecule has 6 heteroatoms. The molecule has 0 saturated heterocycles. The van der Waals surface area contributed by atoms with Crippen molar-refractivity contribution in [1.29, 1.82) is 0 Å². The van der Waals surface area contributed by atoms with Gasteiger partial charge in [0.1, 0.15) is 12.2 Å². The van der Waals surface area contributed by atoms with Gasteiger partial charge >= 0.3 is 5.65 Å². The lowest BCUT2D eigenvalue weighted by atomic mass is 10.2. The molecule has 4 aromatic heterocycles. The van der Waals surface area contributed by atoms with Crippen LogP contribution in [-0.4, -0.2) is 24.1 Å². The van der Waals surface area contributed by atoms with Gasteiger partial charge < -0.3 is 0 Å². The van der Waals surface area contributed by atoms with Crippen LogP contribution >= 0.6 is 0 Å². The smallest absolute Gasteiger partial charge is 0.257 e. The van der Waals surface area contributed by atoms with E-state index in [1.807, 2.05) is 47.1 Å². The molecule has 1 aromatic carbocycles. The maximum atomic E-state index is 4.85. The largest absolute Gasteiger partial charge is 0.315 e. The number of pyridine rings is 1. The predicted octanol–water partition coefficient (Wildman–Crippen LogP) is 2.38. The molecule has 0 radical (unpaired) electrons. The molecule has 1 aliphatic heterocycles. The summed E-state index contributed by atoms with van der Waals surface area (Å²) in [4.78, 5) is 9.42. The summed E-state index contributed by atoms with van der Waals surface area (Å²) in [6, 6.07) is 18.3. The number of hydrogen-bond acceptors (Lipinski definition) is 3. The van der Waals surface area contributed by atoms with Crippen LogP contribution in [0.1, 0.15) is 5.69 Å². The zero-order valence-electron chi connectivity index (χ0n) is 13.2. The zero-order valence-corrected chi connectivity index (χ0v) is 13.2. The van der Waals surface area contributed by atoms with E-state index in [2.05, 4.69) is 37.4 Å². The Hall–Kier alpha value is -3.54. The van der Waals surface area contributed by atoms with Gasteiger partial charge in [-0.1, -0.05) is 18.2 Å². The molecule has 5 aromatic rings. The minimum absolute atomic E-state index is 0.728. The zero-order chi connectivity index (χ0) is 16.4. The number of imidazole rings is 2. The Kier molecular flexibility index (Phi) is 2.31. The first-order valence-electron chi connectivity index (χ1n) is 8.19. The molecule has 118 valence electrons. The summed E-state index contributed by atoms with van der Waals surface area (Å²) >= 11 is 0. The molecule has 6 nitrogen and oxygen atoms in total. The van der Waals surface area contributed by atoms with E-state index in [1.54, 1.807) is 6.20 Å². The summed E-state index contributed by atoms with van der Waals surface area (Å²) in [5.41, 5.74) is 6.06. The van der Waals surface area contributed by atoms with Gasteiger partial charge in [0.2, 0.25) is 11.5 Å². The average Bonchev–Trinajstić information content (AvgIpc) is 3.29. The van der Waals surface area contributed by atoms with E-state index in [0.29, 0.717) is 0 Å². The molecule has 25 heavy (non-hydrogen) atoms. The van der Waals surface area contributed by atoms with E-state index in [1.165, 1.54) is 0 Å². The summed E-state index contributed by atoms with van der Waals surface area (Å²) in [5, 5.41) is 4.52. The molecule has 0 fully saturated rings. The van der Waals surface area contributed by atoms with Crippen molar-refractivity contribution in [3.8, 4) is 17.1 Å². The first-order valence-corrected chi connectivity index (χ1v) is 8.19. The highest BCUT2D eigenvalue weighted by Crippen LogP contribution is 2.32. The van der Waals surface area contributed by atoms with Gasteiger partial charge in [-0.2, -0.15) is 4.98 Å². The van der Waals surface area contributed by atoms with Gasteiger partial charge in [0, 0.05) is 12.3 Å². The molecule has 6 rings (SSSR count). The summed E-state index contributed by atoms with van der Waals surface area (Å²) in [7, 11) is 0. The van der Waals surface area contributed by atoms with Crippen LogP contribution in [0.15, 0.2) is 67.0 Å². The van der Waals surface area contributed by atoms with Crippen molar-refractivity contribution in [2.45, 2.75) is 6.54 Å². The van der Waals surface area contributed by atoms with Crippen LogP contribution in [0.25, 0.3) is 34.0 Å². The van der Waals surface area contributed by atoms with E-state index in [0.717, 1.165) is 46.3 Å². The van der Waals surface area contributed by atoms with Crippen LogP contribution in [0, 0.1) is 0 Å². The lowest BCUT2D eigenvalue weighted by molar-refractivity contribution is -0.648. The Bertz CT molecular complexity index is 1270. The fourth-order valence-electron chi connectivity index (χ4n) is 3.73. The first kappa shape index (κ1) is 12.8. The van der Waals surface area contributed by atoms with Crippen molar-refractivity contribution in [3.63, 3.8) is 0 Å². The van der Waals surface area contributed by atoms with Gasteiger partial charge in [-0.3, -0.25) is 4.98 Å². The number of benzene rings is 1. The van der Waals surface area contributed by atoms with Crippen molar-refractivity contribution in [2.24, 2.45) is 0 Å².